The fourth-order valence-corrected chi connectivity index (χ4v) is 3.72. The van der Waals surface area contributed by atoms with Crippen LogP contribution >= 0.6 is 12.1 Å². The molecule has 1 aliphatic carbocycles. The smallest absolute Gasteiger partial charge is 0.268 e. The summed E-state index contributed by atoms with van der Waals surface area (Å²) in [6.07, 6.45) is 5.85. The zero-order valence-electron chi connectivity index (χ0n) is 11.5. The van der Waals surface area contributed by atoms with E-state index in [-0.39, 0.29) is 17.4 Å². The van der Waals surface area contributed by atoms with Gasteiger partial charge in [0.05, 0.1) is 11.1 Å². The van der Waals surface area contributed by atoms with E-state index in [0.717, 1.165) is 25.0 Å². The molecule has 0 bridgehead atoms. The molecule has 5 heteroatoms. The van der Waals surface area contributed by atoms with E-state index in [4.69, 9.17) is 0 Å². The lowest BCUT2D eigenvalue weighted by Gasteiger charge is -2.34. The standard InChI is InChI=1S/C15H18N2O2S/c1-15(9-5-2-6-10-15)16-20-17-13(18)11-7-3-4-8-12(11)14(17)19/h3-4,7-8,16H,2,5-6,9-10H2,1H3. The van der Waals surface area contributed by atoms with Crippen LogP contribution in [0.3, 0.4) is 0 Å². The van der Waals surface area contributed by atoms with Gasteiger partial charge in [-0.25, -0.2) is 9.03 Å². The van der Waals surface area contributed by atoms with E-state index in [9.17, 15) is 9.59 Å². The van der Waals surface area contributed by atoms with Gasteiger partial charge in [0.25, 0.3) is 11.8 Å². The van der Waals surface area contributed by atoms with Crippen molar-refractivity contribution in [2.45, 2.75) is 44.6 Å². The van der Waals surface area contributed by atoms with E-state index < -0.39 is 0 Å². The highest BCUT2D eigenvalue weighted by Crippen LogP contribution is 2.32. The van der Waals surface area contributed by atoms with Gasteiger partial charge in [0.15, 0.2) is 0 Å². The van der Waals surface area contributed by atoms with Crippen molar-refractivity contribution in [3.63, 3.8) is 0 Å². The first-order chi connectivity index (χ1) is 9.61. The first-order valence-corrected chi connectivity index (χ1v) is 7.80. The summed E-state index contributed by atoms with van der Waals surface area (Å²) in [5.41, 5.74) is 1.01. The molecular formula is C15H18N2O2S. The molecule has 1 aliphatic heterocycles. The molecule has 20 heavy (non-hydrogen) atoms. The SMILES string of the molecule is CC1(NSN2C(=O)c3ccccc3C2=O)CCCCC1. The van der Waals surface area contributed by atoms with E-state index >= 15 is 0 Å². The van der Waals surface area contributed by atoms with E-state index in [1.165, 1.54) is 23.6 Å². The third-order valence-corrected chi connectivity index (χ3v) is 5.20. The summed E-state index contributed by atoms with van der Waals surface area (Å²) < 4.78 is 4.58. The summed E-state index contributed by atoms with van der Waals surface area (Å²) in [4.78, 5) is 24.5. The van der Waals surface area contributed by atoms with E-state index in [2.05, 4.69) is 11.6 Å². The maximum atomic E-state index is 12.2. The second kappa shape index (κ2) is 5.22. The lowest BCUT2D eigenvalue weighted by Crippen LogP contribution is -2.42. The normalized spacial score (nSPS) is 21.1. The van der Waals surface area contributed by atoms with Crippen molar-refractivity contribution in [3.8, 4) is 0 Å². The second-order valence-electron chi connectivity index (χ2n) is 5.76. The maximum Gasteiger partial charge on any atom is 0.272 e. The predicted octanol–water partition coefficient (Wildman–Crippen LogP) is 3.16. The maximum absolute atomic E-state index is 12.2. The molecular weight excluding hydrogens is 272 g/mol. The third kappa shape index (κ3) is 2.36. The number of carbonyl (C=O) groups excluding carboxylic acids is 2. The molecule has 0 unspecified atom stereocenters. The molecule has 4 nitrogen and oxygen atoms in total. The van der Waals surface area contributed by atoms with Crippen molar-refractivity contribution in [2.24, 2.45) is 0 Å². The third-order valence-electron chi connectivity index (χ3n) is 4.10. The first kappa shape index (κ1) is 13.6. The average molecular weight is 290 g/mol. The van der Waals surface area contributed by atoms with Crippen molar-refractivity contribution in [3.05, 3.63) is 35.4 Å². The Kier molecular flexibility index (Phi) is 3.56. The average Bonchev–Trinajstić information content (AvgIpc) is 2.70. The van der Waals surface area contributed by atoms with Crippen molar-refractivity contribution < 1.29 is 9.59 Å². The minimum Gasteiger partial charge on any atom is -0.268 e. The zero-order chi connectivity index (χ0) is 14.2. The molecule has 1 saturated carbocycles. The Hall–Kier alpha value is -1.33. The molecule has 1 heterocycles. The molecule has 0 radical (unpaired) electrons. The highest BCUT2D eigenvalue weighted by molar-refractivity contribution is 7.96. The Balaban J connectivity index is 1.70. The molecule has 1 N–H and O–H groups in total. The highest BCUT2D eigenvalue weighted by Gasteiger charge is 2.37. The minimum atomic E-state index is -0.220. The fraction of sp³-hybridized carbons (Fsp3) is 0.467. The fourth-order valence-electron chi connectivity index (χ4n) is 2.84. The number of amides is 2. The number of imide groups is 1. The van der Waals surface area contributed by atoms with Crippen LogP contribution in [0, 0.1) is 0 Å². The van der Waals surface area contributed by atoms with Crippen molar-refractivity contribution in [1.29, 1.82) is 0 Å². The molecule has 0 spiro atoms. The molecule has 106 valence electrons. The largest absolute Gasteiger partial charge is 0.272 e. The molecule has 1 fully saturated rings. The Bertz CT molecular complexity index is 518. The molecule has 0 saturated heterocycles. The van der Waals surface area contributed by atoms with Crippen LogP contribution in [0.5, 0.6) is 0 Å². The molecule has 0 aromatic heterocycles. The Morgan fingerprint density at radius 3 is 2.15 bits per heavy atom. The monoisotopic (exact) mass is 290 g/mol. The lowest BCUT2D eigenvalue weighted by molar-refractivity contribution is 0.0775. The molecule has 1 aromatic rings. The number of hydrogen-bond donors (Lipinski definition) is 1. The molecule has 1 aromatic carbocycles. The highest BCUT2D eigenvalue weighted by atomic mass is 32.2. The molecule has 0 atom stereocenters. The zero-order valence-corrected chi connectivity index (χ0v) is 12.3. The van der Waals surface area contributed by atoms with Crippen LogP contribution in [-0.4, -0.2) is 21.7 Å². The number of rotatable bonds is 3. The number of hydrogen-bond acceptors (Lipinski definition) is 4. The van der Waals surface area contributed by atoms with Gasteiger partial charge < -0.3 is 0 Å². The van der Waals surface area contributed by atoms with Crippen LogP contribution in [-0.2, 0) is 0 Å². The Morgan fingerprint density at radius 2 is 1.60 bits per heavy atom. The van der Waals surface area contributed by atoms with Crippen molar-refractivity contribution in [1.82, 2.24) is 9.03 Å². The van der Waals surface area contributed by atoms with Gasteiger partial charge in [-0.15, -0.1) is 0 Å². The summed E-state index contributed by atoms with van der Waals surface area (Å²) in [7, 11) is 0. The molecule has 2 amide bonds. The summed E-state index contributed by atoms with van der Waals surface area (Å²) in [6, 6.07) is 6.99. The van der Waals surface area contributed by atoms with Gasteiger partial charge in [0, 0.05) is 17.7 Å². The predicted molar refractivity (Wildman–Crippen MR) is 79.2 cm³/mol. The first-order valence-electron chi connectivity index (χ1n) is 7.03. The van der Waals surface area contributed by atoms with Crippen molar-refractivity contribution >= 4 is 23.9 Å². The van der Waals surface area contributed by atoms with Gasteiger partial charge in [-0.1, -0.05) is 31.4 Å². The van der Waals surface area contributed by atoms with Crippen LogP contribution in [0.2, 0.25) is 0 Å². The van der Waals surface area contributed by atoms with Crippen LogP contribution in [0.1, 0.15) is 59.7 Å². The quantitative estimate of drug-likeness (QED) is 0.686. The van der Waals surface area contributed by atoms with E-state index in [1.807, 2.05) is 0 Å². The van der Waals surface area contributed by atoms with Gasteiger partial charge in [-0.3, -0.25) is 9.59 Å². The second-order valence-corrected chi connectivity index (χ2v) is 6.52. The van der Waals surface area contributed by atoms with Gasteiger partial charge in [-0.05, 0) is 31.9 Å². The number of benzene rings is 1. The minimum absolute atomic E-state index is 0.0122. The number of fused-ring (bicyclic) bond motifs is 1. The molecule has 2 aliphatic rings. The number of nitrogens with one attached hydrogen (secondary N) is 1. The summed E-state index contributed by atoms with van der Waals surface area (Å²) >= 11 is 1.15. The van der Waals surface area contributed by atoms with Crippen LogP contribution in [0.15, 0.2) is 24.3 Å². The van der Waals surface area contributed by atoms with Gasteiger partial charge in [0.1, 0.15) is 0 Å². The Morgan fingerprint density at radius 1 is 1.05 bits per heavy atom. The Labute approximate surface area is 123 Å². The number of nitrogens with zero attached hydrogens (tertiary/aromatic N) is 1. The molecule has 3 rings (SSSR count). The summed E-state index contributed by atoms with van der Waals surface area (Å²) in [6.45, 7) is 2.16. The van der Waals surface area contributed by atoms with Crippen LogP contribution in [0.4, 0.5) is 0 Å². The van der Waals surface area contributed by atoms with Crippen LogP contribution in [0.25, 0.3) is 0 Å². The topological polar surface area (TPSA) is 49.4 Å². The number of carbonyl (C=O) groups is 2. The van der Waals surface area contributed by atoms with Gasteiger partial charge in [0.2, 0.25) is 0 Å². The van der Waals surface area contributed by atoms with E-state index in [1.54, 1.807) is 24.3 Å². The van der Waals surface area contributed by atoms with Crippen LogP contribution < -0.4 is 4.72 Å². The van der Waals surface area contributed by atoms with E-state index in [0.29, 0.717) is 11.1 Å². The summed E-state index contributed by atoms with van der Waals surface area (Å²) in [5.74, 6) is -0.440. The van der Waals surface area contributed by atoms with Gasteiger partial charge in [-0.2, -0.15) is 0 Å². The van der Waals surface area contributed by atoms with Crippen molar-refractivity contribution in [2.75, 3.05) is 0 Å². The lowest BCUT2D eigenvalue weighted by atomic mass is 9.84. The van der Waals surface area contributed by atoms with Gasteiger partial charge >= 0.3 is 0 Å². The summed E-state index contributed by atoms with van der Waals surface area (Å²) in [5, 5.41) is 0.